The average molecular weight is 222 g/mol. The average Bonchev–Trinajstić information content (AvgIpc) is 2.34. The van der Waals surface area contributed by atoms with Crippen LogP contribution < -0.4 is 9.47 Å². The van der Waals surface area contributed by atoms with Gasteiger partial charge in [0.25, 0.3) is 0 Å². The van der Waals surface area contributed by atoms with Gasteiger partial charge in [-0.3, -0.25) is 0 Å². The van der Waals surface area contributed by atoms with E-state index in [4.69, 9.17) is 9.47 Å². The number of hydrogen-bond donors (Lipinski definition) is 0. The maximum absolute atomic E-state index is 10.2. The maximum Gasteiger partial charge on any atom is 0.122 e. The van der Waals surface area contributed by atoms with E-state index in [1.807, 2.05) is 18.2 Å². The SMILES string of the molecule is COc1ccc(OC)c(CCCCC=O)c1. The van der Waals surface area contributed by atoms with Crippen LogP contribution in [-0.2, 0) is 11.2 Å². The van der Waals surface area contributed by atoms with Crippen molar-refractivity contribution in [2.45, 2.75) is 25.7 Å². The molecule has 0 saturated heterocycles. The molecule has 0 spiro atoms. The molecule has 3 nitrogen and oxygen atoms in total. The summed E-state index contributed by atoms with van der Waals surface area (Å²) in [7, 11) is 3.31. The second kappa shape index (κ2) is 6.88. The predicted molar refractivity (Wildman–Crippen MR) is 63.2 cm³/mol. The predicted octanol–water partition coefficient (Wildman–Crippen LogP) is 2.62. The van der Waals surface area contributed by atoms with Gasteiger partial charge in [-0.05, 0) is 43.0 Å². The van der Waals surface area contributed by atoms with Gasteiger partial charge in [-0.2, -0.15) is 0 Å². The van der Waals surface area contributed by atoms with Crippen LogP contribution in [0.3, 0.4) is 0 Å². The highest BCUT2D eigenvalue weighted by molar-refractivity contribution is 5.49. The van der Waals surface area contributed by atoms with Crippen LogP contribution in [0.4, 0.5) is 0 Å². The first kappa shape index (κ1) is 12.6. The highest BCUT2D eigenvalue weighted by Crippen LogP contribution is 2.25. The highest BCUT2D eigenvalue weighted by atomic mass is 16.5. The van der Waals surface area contributed by atoms with Gasteiger partial charge in [0.15, 0.2) is 0 Å². The summed E-state index contributed by atoms with van der Waals surface area (Å²) in [5, 5.41) is 0. The number of carbonyl (C=O) groups is 1. The number of aryl methyl sites for hydroxylation is 1. The molecule has 0 aliphatic heterocycles. The molecule has 0 N–H and O–H groups in total. The molecule has 0 amide bonds. The third-order valence-electron chi connectivity index (χ3n) is 2.51. The summed E-state index contributed by atoms with van der Waals surface area (Å²) >= 11 is 0. The number of ether oxygens (including phenoxy) is 2. The summed E-state index contributed by atoms with van der Waals surface area (Å²) in [5.41, 5.74) is 1.13. The molecule has 0 unspecified atom stereocenters. The van der Waals surface area contributed by atoms with Gasteiger partial charge in [0, 0.05) is 6.42 Å². The van der Waals surface area contributed by atoms with Gasteiger partial charge in [-0.25, -0.2) is 0 Å². The first-order valence-corrected chi connectivity index (χ1v) is 5.46. The monoisotopic (exact) mass is 222 g/mol. The second-order valence-corrected chi connectivity index (χ2v) is 3.59. The minimum Gasteiger partial charge on any atom is -0.497 e. The topological polar surface area (TPSA) is 35.5 Å². The molecule has 0 bridgehead atoms. The van der Waals surface area contributed by atoms with Crippen LogP contribution in [0.5, 0.6) is 11.5 Å². The molecule has 1 rings (SSSR count). The minimum atomic E-state index is 0.631. The lowest BCUT2D eigenvalue weighted by molar-refractivity contribution is -0.107. The zero-order chi connectivity index (χ0) is 11.8. The van der Waals surface area contributed by atoms with E-state index in [1.165, 1.54) is 0 Å². The van der Waals surface area contributed by atoms with E-state index in [0.717, 1.165) is 42.6 Å². The number of carbonyl (C=O) groups excluding carboxylic acids is 1. The Kier molecular flexibility index (Phi) is 5.40. The zero-order valence-electron chi connectivity index (χ0n) is 9.86. The first-order chi connectivity index (χ1) is 7.81. The van der Waals surface area contributed by atoms with Crippen LogP contribution in [0, 0.1) is 0 Å². The van der Waals surface area contributed by atoms with Crippen LogP contribution in [0.15, 0.2) is 18.2 Å². The molecular formula is C13H18O3. The molecular weight excluding hydrogens is 204 g/mol. The number of unbranched alkanes of at least 4 members (excludes halogenated alkanes) is 2. The zero-order valence-corrected chi connectivity index (χ0v) is 9.86. The van der Waals surface area contributed by atoms with Crippen LogP contribution >= 0.6 is 0 Å². The van der Waals surface area contributed by atoms with Crippen molar-refractivity contribution in [3.8, 4) is 11.5 Å². The van der Waals surface area contributed by atoms with Gasteiger partial charge < -0.3 is 14.3 Å². The lowest BCUT2D eigenvalue weighted by Gasteiger charge is -2.09. The molecule has 3 heteroatoms. The van der Waals surface area contributed by atoms with Crippen LogP contribution in [-0.4, -0.2) is 20.5 Å². The van der Waals surface area contributed by atoms with Crippen molar-refractivity contribution in [3.05, 3.63) is 23.8 Å². The van der Waals surface area contributed by atoms with Crippen molar-refractivity contribution in [2.75, 3.05) is 14.2 Å². The Balaban J connectivity index is 2.63. The Morgan fingerprint density at radius 2 is 2.00 bits per heavy atom. The minimum absolute atomic E-state index is 0.631. The van der Waals surface area contributed by atoms with Crippen molar-refractivity contribution in [2.24, 2.45) is 0 Å². The van der Waals surface area contributed by atoms with E-state index >= 15 is 0 Å². The van der Waals surface area contributed by atoms with E-state index in [0.29, 0.717) is 6.42 Å². The smallest absolute Gasteiger partial charge is 0.122 e. The van der Waals surface area contributed by atoms with Gasteiger partial charge >= 0.3 is 0 Å². The number of aldehydes is 1. The molecule has 0 aliphatic carbocycles. The van der Waals surface area contributed by atoms with Crippen molar-refractivity contribution < 1.29 is 14.3 Å². The van der Waals surface area contributed by atoms with E-state index in [2.05, 4.69) is 0 Å². The molecule has 0 aromatic heterocycles. The van der Waals surface area contributed by atoms with Crippen molar-refractivity contribution in [1.29, 1.82) is 0 Å². The molecule has 0 radical (unpaired) electrons. The number of benzene rings is 1. The molecule has 88 valence electrons. The lowest BCUT2D eigenvalue weighted by Crippen LogP contribution is -1.94. The number of methoxy groups -OCH3 is 2. The third-order valence-corrected chi connectivity index (χ3v) is 2.51. The highest BCUT2D eigenvalue weighted by Gasteiger charge is 2.04. The Labute approximate surface area is 96.4 Å². The quantitative estimate of drug-likeness (QED) is 0.525. The summed E-state index contributed by atoms with van der Waals surface area (Å²) in [4.78, 5) is 10.2. The van der Waals surface area contributed by atoms with E-state index in [1.54, 1.807) is 14.2 Å². The molecule has 1 aromatic rings. The number of hydrogen-bond acceptors (Lipinski definition) is 3. The molecule has 16 heavy (non-hydrogen) atoms. The third kappa shape index (κ3) is 3.57. The van der Waals surface area contributed by atoms with E-state index in [9.17, 15) is 4.79 Å². The Hall–Kier alpha value is -1.51. The fraction of sp³-hybridized carbons (Fsp3) is 0.462. The molecule has 0 aliphatic rings. The number of rotatable bonds is 7. The molecule has 0 atom stereocenters. The van der Waals surface area contributed by atoms with Crippen LogP contribution in [0.25, 0.3) is 0 Å². The fourth-order valence-electron chi connectivity index (χ4n) is 1.62. The summed E-state index contributed by atoms with van der Waals surface area (Å²) in [6.07, 6.45) is 4.41. The first-order valence-electron chi connectivity index (χ1n) is 5.46. The molecule has 0 saturated carbocycles. The normalized spacial score (nSPS) is 9.88. The summed E-state index contributed by atoms with van der Waals surface area (Å²) in [6.45, 7) is 0. The fourth-order valence-corrected chi connectivity index (χ4v) is 1.62. The van der Waals surface area contributed by atoms with Gasteiger partial charge in [-0.1, -0.05) is 0 Å². The Bertz CT molecular complexity index is 334. The molecule has 1 aromatic carbocycles. The Morgan fingerprint density at radius 3 is 2.62 bits per heavy atom. The van der Waals surface area contributed by atoms with Gasteiger partial charge in [0.05, 0.1) is 14.2 Å². The summed E-state index contributed by atoms with van der Waals surface area (Å²) < 4.78 is 10.4. The van der Waals surface area contributed by atoms with Crippen molar-refractivity contribution in [1.82, 2.24) is 0 Å². The van der Waals surface area contributed by atoms with Gasteiger partial charge in [-0.15, -0.1) is 0 Å². The largest absolute Gasteiger partial charge is 0.497 e. The molecule has 0 heterocycles. The van der Waals surface area contributed by atoms with E-state index < -0.39 is 0 Å². The van der Waals surface area contributed by atoms with Gasteiger partial charge in [0.1, 0.15) is 17.8 Å². The Morgan fingerprint density at radius 1 is 1.19 bits per heavy atom. The standard InChI is InChI=1S/C13H18O3/c1-15-12-7-8-13(16-2)11(10-12)6-4-3-5-9-14/h7-10H,3-6H2,1-2H3. The van der Waals surface area contributed by atoms with Crippen molar-refractivity contribution in [3.63, 3.8) is 0 Å². The van der Waals surface area contributed by atoms with E-state index in [-0.39, 0.29) is 0 Å². The summed E-state index contributed by atoms with van der Waals surface area (Å²) in [6, 6.07) is 5.78. The summed E-state index contributed by atoms with van der Waals surface area (Å²) in [5.74, 6) is 1.72. The maximum atomic E-state index is 10.2. The van der Waals surface area contributed by atoms with Crippen molar-refractivity contribution >= 4 is 6.29 Å². The van der Waals surface area contributed by atoms with Crippen LogP contribution in [0.2, 0.25) is 0 Å². The second-order valence-electron chi connectivity index (χ2n) is 3.59. The van der Waals surface area contributed by atoms with Crippen LogP contribution in [0.1, 0.15) is 24.8 Å². The molecule has 0 fully saturated rings. The lowest BCUT2D eigenvalue weighted by atomic mass is 10.1. The van der Waals surface area contributed by atoms with Gasteiger partial charge in [0.2, 0.25) is 0 Å².